The lowest BCUT2D eigenvalue weighted by atomic mass is 10.1. The van der Waals surface area contributed by atoms with Crippen molar-refractivity contribution in [2.45, 2.75) is 12.6 Å². The van der Waals surface area contributed by atoms with Gasteiger partial charge >= 0.3 is 6.18 Å². The summed E-state index contributed by atoms with van der Waals surface area (Å²) in [6.07, 6.45) is -6.34. The summed E-state index contributed by atoms with van der Waals surface area (Å²) in [5.74, 6) is -3.94. The van der Waals surface area contributed by atoms with Gasteiger partial charge in [0.25, 0.3) is 0 Å². The smallest absolute Gasteiger partial charge is 0.294 e. The van der Waals surface area contributed by atoms with Crippen molar-refractivity contribution >= 4 is 11.6 Å². The molecule has 0 N–H and O–H groups in total. The summed E-state index contributed by atoms with van der Waals surface area (Å²) in [5.41, 5.74) is -0.252. The average molecular weight is 234 g/mol. The molecule has 0 spiro atoms. The van der Waals surface area contributed by atoms with E-state index in [1.807, 2.05) is 0 Å². The van der Waals surface area contributed by atoms with E-state index in [0.29, 0.717) is 0 Å². The van der Waals surface area contributed by atoms with Crippen molar-refractivity contribution in [2.24, 2.45) is 0 Å². The highest BCUT2D eigenvalue weighted by molar-refractivity contribution is 6.09. The first-order valence-electron chi connectivity index (χ1n) is 4.19. The Labute approximate surface area is 87.9 Å². The van der Waals surface area contributed by atoms with Crippen LogP contribution in [0.15, 0.2) is 24.3 Å². The van der Waals surface area contributed by atoms with Crippen molar-refractivity contribution in [1.82, 2.24) is 0 Å². The van der Waals surface area contributed by atoms with Gasteiger partial charge < -0.3 is 0 Å². The summed E-state index contributed by atoms with van der Waals surface area (Å²) in [6.45, 7) is 0. The highest BCUT2D eigenvalue weighted by Crippen LogP contribution is 2.19. The van der Waals surface area contributed by atoms with E-state index in [-0.39, 0.29) is 5.56 Å². The minimum absolute atomic E-state index is 0.252. The van der Waals surface area contributed by atoms with Crippen LogP contribution in [0.1, 0.15) is 16.8 Å². The normalized spacial score (nSPS) is 11.2. The quantitative estimate of drug-likeness (QED) is 0.457. The van der Waals surface area contributed by atoms with E-state index >= 15 is 0 Å². The minimum Gasteiger partial charge on any atom is -0.294 e. The minimum atomic E-state index is -5.04. The Kier molecular flexibility index (Phi) is 3.41. The summed E-state index contributed by atoms with van der Waals surface area (Å²) in [4.78, 5) is 21.7. The van der Waals surface area contributed by atoms with Crippen molar-refractivity contribution in [3.8, 4) is 0 Å². The van der Waals surface area contributed by atoms with Gasteiger partial charge in [-0.15, -0.1) is 0 Å². The Morgan fingerprint density at radius 3 is 2.31 bits per heavy atom. The molecule has 1 aromatic rings. The fourth-order valence-electron chi connectivity index (χ4n) is 1.01. The topological polar surface area (TPSA) is 34.1 Å². The number of alkyl halides is 3. The number of rotatable bonds is 3. The molecule has 0 aliphatic rings. The zero-order chi connectivity index (χ0) is 12.3. The molecular formula is C10H6F4O2. The second kappa shape index (κ2) is 4.42. The summed E-state index contributed by atoms with van der Waals surface area (Å²) in [7, 11) is 0. The van der Waals surface area contributed by atoms with Crippen LogP contribution in [0.2, 0.25) is 0 Å². The molecule has 0 saturated carbocycles. The highest BCUT2D eigenvalue weighted by atomic mass is 19.4. The predicted molar refractivity (Wildman–Crippen MR) is 46.4 cm³/mol. The van der Waals surface area contributed by atoms with Gasteiger partial charge in [0, 0.05) is 5.56 Å². The molecule has 0 aliphatic heterocycles. The number of carbonyl (C=O) groups is 2. The number of ketones is 2. The molecule has 2 nitrogen and oxygen atoms in total. The van der Waals surface area contributed by atoms with Gasteiger partial charge in [0.1, 0.15) is 5.82 Å². The van der Waals surface area contributed by atoms with Gasteiger partial charge in [0.05, 0.1) is 6.42 Å². The van der Waals surface area contributed by atoms with Gasteiger partial charge in [0.15, 0.2) is 5.78 Å². The molecular weight excluding hydrogens is 228 g/mol. The van der Waals surface area contributed by atoms with E-state index in [2.05, 4.69) is 0 Å². The van der Waals surface area contributed by atoms with Gasteiger partial charge in [0.2, 0.25) is 5.78 Å². The summed E-state index contributed by atoms with van der Waals surface area (Å²) >= 11 is 0. The molecule has 1 rings (SSSR count). The second-order valence-corrected chi connectivity index (χ2v) is 3.03. The molecule has 16 heavy (non-hydrogen) atoms. The standard InChI is InChI=1S/C10H6F4O2/c11-7-3-1-2-6(4-7)8(15)5-9(16)10(12,13)14/h1-4H,5H2. The molecule has 6 heteroatoms. The second-order valence-electron chi connectivity index (χ2n) is 3.03. The van der Waals surface area contributed by atoms with Gasteiger partial charge in [-0.3, -0.25) is 9.59 Å². The van der Waals surface area contributed by atoms with E-state index in [1.165, 1.54) is 6.07 Å². The largest absolute Gasteiger partial charge is 0.450 e. The molecule has 0 radical (unpaired) electrons. The third kappa shape index (κ3) is 3.15. The number of benzene rings is 1. The van der Waals surface area contributed by atoms with E-state index in [4.69, 9.17) is 0 Å². The van der Waals surface area contributed by atoms with E-state index in [0.717, 1.165) is 18.2 Å². The van der Waals surface area contributed by atoms with Gasteiger partial charge in [-0.05, 0) is 12.1 Å². The molecule has 86 valence electrons. The van der Waals surface area contributed by atoms with Crippen molar-refractivity contribution < 1.29 is 27.2 Å². The van der Waals surface area contributed by atoms with Crippen molar-refractivity contribution in [3.05, 3.63) is 35.6 Å². The van der Waals surface area contributed by atoms with Crippen LogP contribution in [0.25, 0.3) is 0 Å². The maximum atomic E-state index is 12.6. The molecule has 0 fully saturated rings. The predicted octanol–water partition coefficient (Wildman–Crippen LogP) is 2.53. The Balaban J connectivity index is 2.78. The molecule has 0 heterocycles. The molecule has 0 atom stereocenters. The lowest BCUT2D eigenvalue weighted by Crippen LogP contribution is -2.25. The number of hydrogen-bond donors (Lipinski definition) is 0. The number of halogens is 4. The highest BCUT2D eigenvalue weighted by Gasteiger charge is 2.39. The molecule has 0 aromatic heterocycles. The first-order chi connectivity index (χ1) is 7.30. The molecule has 0 amide bonds. The SMILES string of the molecule is O=C(CC(=O)C(F)(F)F)c1cccc(F)c1. The van der Waals surface area contributed by atoms with Crippen LogP contribution in [0.3, 0.4) is 0 Å². The van der Waals surface area contributed by atoms with E-state index in [9.17, 15) is 27.2 Å². The van der Waals surface area contributed by atoms with E-state index < -0.39 is 30.0 Å². The zero-order valence-corrected chi connectivity index (χ0v) is 7.84. The molecule has 1 aromatic carbocycles. The average Bonchev–Trinajstić information content (AvgIpc) is 2.16. The monoisotopic (exact) mass is 234 g/mol. The lowest BCUT2D eigenvalue weighted by Gasteiger charge is -2.04. The van der Waals surface area contributed by atoms with Gasteiger partial charge in [-0.25, -0.2) is 4.39 Å². The van der Waals surface area contributed by atoms with Crippen LogP contribution >= 0.6 is 0 Å². The maximum absolute atomic E-state index is 12.6. The maximum Gasteiger partial charge on any atom is 0.450 e. The van der Waals surface area contributed by atoms with Gasteiger partial charge in [-0.2, -0.15) is 13.2 Å². The zero-order valence-electron chi connectivity index (χ0n) is 7.84. The molecule has 0 bridgehead atoms. The van der Waals surface area contributed by atoms with Crippen LogP contribution in [0.5, 0.6) is 0 Å². The Hall–Kier alpha value is -1.72. The van der Waals surface area contributed by atoms with Crippen molar-refractivity contribution in [2.75, 3.05) is 0 Å². The van der Waals surface area contributed by atoms with Crippen molar-refractivity contribution in [1.29, 1.82) is 0 Å². The Morgan fingerprint density at radius 2 is 1.81 bits per heavy atom. The molecule has 0 aliphatic carbocycles. The molecule has 0 unspecified atom stereocenters. The van der Waals surface area contributed by atoms with Crippen LogP contribution in [0.4, 0.5) is 17.6 Å². The first kappa shape index (κ1) is 12.4. The number of Topliss-reactive ketones (excluding diaryl/α,β-unsaturated/α-hetero) is 2. The Morgan fingerprint density at radius 1 is 1.19 bits per heavy atom. The van der Waals surface area contributed by atoms with Crippen LogP contribution in [0, 0.1) is 5.82 Å². The molecule has 0 saturated heterocycles. The lowest BCUT2D eigenvalue weighted by molar-refractivity contribution is -0.170. The third-order valence-electron chi connectivity index (χ3n) is 1.78. The summed E-state index contributed by atoms with van der Waals surface area (Å²) in [6, 6.07) is 4.16. The third-order valence-corrected chi connectivity index (χ3v) is 1.78. The number of carbonyl (C=O) groups excluding carboxylic acids is 2. The number of hydrogen-bond acceptors (Lipinski definition) is 2. The summed E-state index contributed by atoms with van der Waals surface area (Å²) in [5, 5.41) is 0. The fourth-order valence-corrected chi connectivity index (χ4v) is 1.01. The first-order valence-corrected chi connectivity index (χ1v) is 4.19. The van der Waals surface area contributed by atoms with Crippen LogP contribution in [-0.4, -0.2) is 17.7 Å². The van der Waals surface area contributed by atoms with Crippen molar-refractivity contribution in [3.63, 3.8) is 0 Å². The van der Waals surface area contributed by atoms with Crippen LogP contribution < -0.4 is 0 Å². The van der Waals surface area contributed by atoms with E-state index in [1.54, 1.807) is 0 Å². The van der Waals surface area contributed by atoms with Crippen LogP contribution in [-0.2, 0) is 4.79 Å². The Bertz CT molecular complexity index is 423. The fraction of sp³-hybridized carbons (Fsp3) is 0.200. The summed E-state index contributed by atoms with van der Waals surface area (Å²) < 4.78 is 48.1. The van der Waals surface area contributed by atoms with Gasteiger partial charge in [-0.1, -0.05) is 12.1 Å².